The number of aromatic nitrogens is 1. The summed E-state index contributed by atoms with van der Waals surface area (Å²) in [5, 5.41) is 0. The van der Waals surface area contributed by atoms with Gasteiger partial charge in [0.25, 0.3) is 0 Å². The summed E-state index contributed by atoms with van der Waals surface area (Å²) in [6.45, 7) is 2.51. The zero-order chi connectivity index (χ0) is 11.4. The molecule has 0 radical (unpaired) electrons. The fourth-order valence-corrected chi connectivity index (χ4v) is 2.61. The highest BCUT2D eigenvalue weighted by molar-refractivity contribution is 14.1. The molecule has 5 heteroatoms. The van der Waals surface area contributed by atoms with Crippen molar-refractivity contribution in [3.63, 3.8) is 0 Å². The minimum Gasteiger partial charge on any atom is -0.271 e. The number of hydrogen-bond donors (Lipinski definition) is 1. The van der Waals surface area contributed by atoms with E-state index in [0.717, 1.165) is 19.8 Å². The van der Waals surface area contributed by atoms with Crippen molar-refractivity contribution in [1.82, 2.24) is 4.37 Å². The van der Waals surface area contributed by atoms with Crippen LogP contribution in [0.4, 0.5) is 5.69 Å². The Balaban J connectivity index is 1.89. The maximum atomic E-state index is 5.44. The van der Waals surface area contributed by atoms with Gasteiger partial charge in [0.2, 0.25) is 0 Å². The van der Waals surface area contributed by atoms with Gasteiger partial charge >= 0.3 is 0 Å². The molecule has 1 heterocycles. The van der Waals surface area contributed by atoms with Crippen LogP contribution in [0.25, 0.3) is 0 Å². The predicted molar refractivity (Wildman–Crippen MR) is 74.4 cm³/mol. The zero-order valence-electron chi connectivity index (χ0n) is 8.74. The fraction of sp³-hybridized carbons (Fsp3) is 0.182. The van der Waals surface area contributed by atoms with Gasteiger partial charge in [-0.2, -0.15) is 4.37 Å². The Bertz CT molecular complexity index is 439. The first-order chi connectivity index (χ1) is 7.77. The van der Waals surface area contributed by atoms with Crippen molar-refractivity contribution in [1.29, 1.82) is 0 Å². The van der Waals surface area contributed by atoms with Crippen LogP contribution in [0.15, 0.2) is 30.3 Å². The largest absolute Gasteiger partial charge is 0.271 e. The zero-order valence-corrected chi connectivity index (χ0v) is 11.7. The number of aryl methyl sites for hydroxylation is 1. The van der Waals surface area contributed by atoms with Crippen molar-refractivity contribution < 1.29 is 4.84 Å². The Morgan fingerprint density at radius 1 is 1.38 bits per heavy atom. The molecule has 0 aliphatic heterocycles. The summed E-state index contributed by atoms with van der Waals surface area (Å²) >= 11 is 3.72. The molecule has 84 valence electrons. The van der Waals surface area contributed by atoms with E-state index in [1.54, 1.807) is 0 Å². The van der Waals surface area contributed by atoms with Crippen molar-refractivity contribution in [2.75, 3.05) is 5.48 Å². The van der Waals surface area contributed by atoms with Gasteiger partial charge in [0, 0.05) is 0 Å². The second-order valence-corrected chi connectivity index (χ2v) is 5.88. The average Bonchev–Trinajstić information content (AvgIpc) is 2.62. The van der Waals surface area contributed by atoms with Crippen molar-refractivity contribution in [2.45, 2.75) is 13.5 Å². The van der Waals surface area contributed by atoms with E-state index in [9.17, 15) is 0 Å². The molecule has 0 fully saturated rings. The second kappa shape index (κ2) is 5.60. The SMILES string of the molecule is Cc1nsc(I)c1NOCc1ccccc1. The van der Waals surface area contributed by atoms with Crippen molar-refractivity contribution >= 4 is 39.8 Å². The van der Waals surface area contributed by atoms with Crippen molar-refractivity contribution in [2.24, 2.45) is 0 Å². The van der Waals surface area contributed by atoms with E-state index >= 15 is 0 Å². The summed E-state index contributed by atoms with van der Waals surface area (Å²) in [4.78, 5) is 5.44. The van der Waals surface area contributed by atoms with E-state index in [2.05, 4.69) is 32.4 Å². The molecule has 2 aromatic rings. The predicted octanol–water partition coefficient (Wildman–Crippen LogP) is 3.60. The highest BCUT2D eigenvalue weighted by Gasteiger charge is 2.07. The average molecular weight is 346 g/mol. The molecule has 16 heavy (non-hydrogen) atoms. The van der Waals surface area contributed by atoms with Gasteiger partial charge in [-0.1, -0.05) is 30.3 Å². The molecule has 0 atom stereocenters. The standard InChI is InChI=1S/C11H11IN2OS/c1-8-10(11(12)16-14-8)13-15-7-9-5-3-2-4-6-9/h2-6,13H,7H2,1H3. The monoisotopic (exact) mass is 346 g/mol. The summed E-state index contributed by atoms with van der Waals surface area (Å²) in [7, 11) is 0. The first kappa shape index (κ1) is 11.8. The van der Waals surface area contributed by atoms with Crippen LogP contribution in [0.1, 0.15) is 11.3 Å². The molecule has 0 saturated heterocycles. The Kier molecular flexibility index (Phi) is 4.14. The van der Waals surface area contributed by atoms with Crippen LogP contribution < -0.4 is 5.48 Å². The van der Waals surface area contributed by atoms with Gasteiger partial charge < -0.3 is 0 Å². The summed E-state index contributed by atoms with van der Waals surface area (Å²) < 4.78 is 5.35. The third kappa shape index (κ3) is 2.93. The molecule has 0 saturated carbocycles. The third-order valence-electron chi connectivity index (χ3n) is 2.08. The van der Waals surface area contributed by atoms with E-state index in [-0.39, 0.29) is 0 Å². The number of nitrogens with zero attached hydrogens (tertiary/aromatic N) is 1. The fourth-order valence-electron chi connectivity index (χ4n) is 1.22. The Labute approximate surface area is 112 Å². The van der Waals surface area contributed by atoms with Gasteiger partial charge in [0.15, 0.2) is 0 Å². The van der Waals surface area contributed by atoms with Gasteiger partial charge in [-0.15, -0.1) is 0 Å². The van der Waals surface area contributed by atoms with Crippen LogP contribution in [-0.2, 0) is 11.4 Å². The lowest BCUT2D eigenvalue weighted by Gasteiger charge is -2.06. The van der Waals surface area contributed by atoms with Crippen molar-refractivity contribution in [3.05, 3.63) is 44.5 Å². The maximum Gasteiger partial charge on any atom is 0.112 e. The highest BCUT2D eigenvalue weighted by atomic mass is 127. The van der Waals surface area contributed by atoms with E-state index in [0.29, 0.717) is 6.61 Å². The molecule has 1 aromatic heterocycles. The first-order valence-electron chi connectivity index (χ1n) is 4.81. The van der Waals surface area contributed by atoms with Crippen LogP contribution in [0.5, 0.6) is 0 Å². The minimum atomic E-state index is 0.548. The Morgan fingerprint density at radius 3 is 2.75 bits per heavy atom. The second-order valence-electron chi connectivity index (χ2n) is 3.29. The van der Waals surface area contributed by atoms with Gasteiger partial charge in [0.05, 0.1) is 12.3 Å². The van der Waals surface area contributed by atoms with Gasteiger partial charge in [0.1, 0.15) is 8.57 Å². The smallest absolute Gasteiger partial charge is 0.112 e. The Morgan fingerprint density at radius 2 is 2.12 bits per heavy atom. The molecule has 2 rings (SSSR count). The summed E-state index contributed by atoms with van der Waals surface area (Å²) in [5.41, 5.74) is 6.04. The molecule has 0 bridgehead atoms. The number of halogens is 1. The maximum absolute atomic E-state index is 5.44. The lowest BCUT2D eigenvalue weighted by molar-refractivity contribution is 0.180. The van der Waals surface area contributed by atoms with Crippen LogP contribution in [0, 0.1) is 9.81 Å². The summed E-state index contributed by atoms with van der Waals surface area (Å²) in [6.07, 6.45) is 0. The van der Waals surface area contributed by atoms with Gasteiger partial charge in [-0.25, -0.2) is 0 Å². The molecule has 0 aliphatic rings. The van der Waals surface area contributed by atoms with Crippen LogP contribution in [-0.4, -0.2) is 4.37 Å². The summed E-state index contributed by atoms with van der Waals surface area (Å²) in [6, 6.07) is 10.1. The van der Waals surface area contributed by atoms with Crippen LogP contribution in [0.2, 0.25) is 0 Å². The Hall–Kier alpha value is -0.660. The third-order valence-corrected chi connectivity index (χ3v) is 3.94. The van der Waals surface area contributed by atoms with Gasteiger partial charge in [-0.3, -0.25) is 10.3 Å². The number of benzene rings is 1. The molecule has 0 unspecified atom stereocenters. The van der Waals surface area contributed by atoms with Gasteiger partial charge in [-0.05, 0) is 46.6 Å². The van der Waals surface area contributed by atoms with E-state index in [1.807, 2.05) is 37.3 Å². The highest BCUT2D eigenvalue weighted by Crippen LogP contribution is 2.25. The number of rotatable bonds is 4. The summed E-state index contributed by atoms with van der Waals surface area (Å²) in [5.74, 6) is 0. The molecular weight excluding hydrogens is 335 g/mol. The normalized spacial score (nSPS) is 10.4. The molecule has 3 nitrogen and oxygen atoms in total. The molecular formula is C11H11IN2OS. The number of nitrogens with one attached hydrogen (secondary N) is 1. The number of anilines is 1. The van der Waals surface area contributed by atoms with Crippen LogP contribution >= 0.6 is 34.1 Å². The first-order valence-corrected chi connectivity index (χ1v) is 6.66. The molecule has 0 amide bonds. The minimum absolute atomic E-state index is 0.548. The number of hydrogen-bond acceptors (Lipinski definition) is 4. The van der Waals surface area contributed by atoms with E-state index < -0.39 is 0 Å². The van der Waals surface area contributed by atoms with E-state index in [1.165, 1.54) is 11.5 Å². The molecule has 1 aromatic carbocycles. The van der Waals surface area contributed by atoms with Crippen LogP contribution in [0.3, 0.4) is 0 Å². The molecule has 0 aliphatic carbocycles. The molecule has 0 spiro atoms. The van der Waals surface area contributed by atoms with E-state index in [4.69, 9.17) is 4.84 Å². The quantitative estimate of drug-likeness (QED) is 0.679. The molecule has 1 N–H and O–H groups in total. The van der Waals surface area contributed by atoms with Crippen molar-refractivity contribution in [3.8, 4) is 0 Å². The topological polar surface area (TPSA) is 34.2 Å². The lowest BCUT2D eigenvalue weighted by Crippen LogP contribution is -2.02. The lowest BCUT2D eigenvalue weighted by atomic mass is 10.2.